The summed E-state index contributed by atoms with van der Waals surface area (Å²) in [6.07, 6.45) is 3.65. The van der Waals surface area contributed by atoms with Gasteiger partial charge in [0.1, 0.15) is 0 Å². The summed E-state index contributed by atoms with van der Waals surface area (Å²) in [5.41, 5.74) is 0.450. The average molecular weight is 410 g/mol. The lowest BCUT2D eigenvalue weighted by Crippen LogP contribution is -2.49. The van der Waals surface area contributed by atoms with Gasteiger partial charge < -0.3 is 14.7 Å². The zero-order chi connectivity index (χ0) is 21.1. The molecule has 0 spiro atoms. The first-order valence-electron chi connectivity index (χ1n) is 10.4. The largest absolute Gasteiger partial charge is 0.352 e. The highest BCUT2D eigenvalue weighted by Gasteiger charge is 2.24. The maximum Gasteiger partial charge on any atom is 0.269 e. The van der Waals surface area contributed by atoms with Crippen LogP contribution in [0.1, 0.15) is 36.5 Å². The van der Waals surface area contributed by atoms with Crippen molar-refractivity contribution in [2.45, 2.75) is 32.2 Å². The maximum absolute atomic E-state index is 12.7. The number of piperazine rings is 1. The number of rotatable bonds is 4. The summed E-state index contributed by atoms with van der Waals surface area (Å²) in [6, 6.07) is 10.3. The SMILES string of the molecule is CC1CCCCN1c1ccc(N2CCN(C(=O)c3ccc([N+](=O)[O-])cc3)CC2)nn1. The van der Waals surface area contributed by atoms with Crippen molar-refractivity contribution < 1.29 is 9.72 Å². The molecule has 1 aromatic heterocycles. The van der Waals surface area contributed by atoms with Crippen LogP contribution in [0.15, 0.2) is 36.4 Å². The molecule has 0 saturated carbocycles. The zero-order valence-corrected chi connectivity index (χ0v) is 17.1. The van der Waals surface area contributed by atoms with E-state index in [0.717, 1.165) is 18.2 Å². The lowest BCUT2D eigenvalue weighted by atomic mass is 10.0. The number of hydrogen-bond donors (Lipinski definition) is 0. The molecule has 9 nitrogen and oxygen atoms in total. The van der Waals surface area contributed by atoms with E-state index in [0.29, 0.717) is 37.8 Å². The quantitative estimate of drug-likeness (QED) is 0.565. The Kier molecular flexibility index (Phi) is 5.78. The molecule has 1 atom stereocenters. The van der Waals surface area contributed by atoms with Gasteiger partial charge in [0.25, 0.3) is 11.6 Å². The third-order valence-corrected chi connectivity index (χ3v) is 5.95. The molecule has 2 saturated heterocycles. The monoisotopic (exact) mass is 410 g/mol. The number of amides is 1. The molecule has 0 N–H and O–H groups in total. The summed E-state index contributed by atoms with van der Waals surface area (Å²) in [4.78, 5) is 29.2. The van der Waals surface area contributed by atoms with E-state index in [9.17, 15) is 14.9 Å². The number of aromatic nitrogens is 2. The highest BCUT2D eigenvalue weighted by atomic mass is 16.6. The van der Waals surface area contributed by atoms with Crippen LogP contribution in [0.3, 0.4) is 0 Å². The normalized spacial score (nSPS) is 19.6. The van der Waals surface area contributed by atoms with Gasteiger partial charge in [0.2, 0.25) is 0 Å². The van der Waals surface area contributed by atoms with Gasteiger partial charge in [-0.2, -0.15) is 0 Å². The van der Waals surface area contributed by atoms with Gasteiger partial charge >= 0.3 is 0 Å². The number of nitro groups is 1. The van der Waals surface area contributed by atoms with E-state index in [1.807, 2.05) is 12.1 Å². The lowest BCUT2D eigenvalue weighted by molar-refractivity contribution is -0.384. The summed E-state index contributed by atoms with van der Waals surface area (Å²) >= 11 is 0. The van der Waals surface area contributed by atoms with Crippen molar-refractivity contribution in [1.29, 1.82) is 0 Å². The van der Waals surface area contributed by atoms with Gasteiger partial charge in [-0.25, -0.2) is 0 Å². The van der Waals surface area contributed by atoms with Crippen molar-refractivity contribution in [3.63, 3.8) is 0 Å². The second-order valence-electron chi connectivity index (χ2n) is 7.87. The predicted molar refractivity (Wildman–Crippen MR) is 114 cm³/mol. The third kappa shape index (κ3) is 4.19. The number of carbonyl (C=O) groups excluding carboxylic acids is 1. The van der Waals surface area contributed by atoms with Crippen LogP contribution in [0.5, 0.6) is 0 Å². The second-order valence-corrected chi connectivity index (χ2v) is 7.87. The molecule has 1 aromatic carbocycles. The van der Waals surface area contributed by atoms with Crippen LogP contribution >= 0.6 is 0 Å². The minimum Gasteiger partial charge on any atom is -0.352 e. The molecule has 2 fully saturated rings. The van der Waals surface area contributed by atoms with E-state index >= 15 is 0 Å². The van der Waals surface area contributed by atoms with Gasteiger partial charge in [-0.15, -0.1) is 10.2 Å². The Morgan fingerprint density at radius 2 is 1.63 bits per heavy atom. The number of benzene rings is 1. The molecular weight excluding hydrogens is 384 g/mol. The zero-order valence-electron chi connectivity index (χ0n) is 17.1. The minimum atomic E-state index is -0.467. The molecule has 0 bridgehead atoms. The highest BCUT2D eigenvalue weighted by Crippen LogP contribution is 2.24. The smallest absolute Gasteiger partial charge is 0.269 e. The van der Waals surface area contributed by atoms with Crippen molar-refractivity contribution in [3.8, 4) is 0 Å². The van der Waals surface area contributed by atoms with Crippen LogP contribution < -0.4 is 9.80 Å². The molecule has 2 aliphatic rings. The Labute approximate surface area is 175 Å². The third-order valence-electron chi connectivity index (χ3n) is 5.95. The number of carbonyl (C=O) groups is 1. The van der Waals surface area contributed by atoms with Crippen LogP contribution in [0.25, 0.3) is 0 Å². The Bertz CT molecular complexity index is 894. The summed E-state index contributed by atoms with van der Waals surface area (Å²) in [7, 11) is 0. The van der Waals surface area contributed by atoms with E-state index < -0.39 is 4.92 Å². The van der Waals surface area contributed by atoms with Gasteiger partial charge in [-0.3, -0.25) is 14.9 Å². The van der Waals surface area contributed by atoms with Crippen LogP contribution in [-0.4, -0.2) is 64.7 Å². The molecule has 3 heterocycles. The molecule has 30 heavy (non-hydrogen) atoms. The van der Waals surface area contributed by atoms with Crippen LogP contribution in [-0.2, 0) is 0 Å². The molecule has 158 valence electrons. The summed E-state index contributed by atoms with van der Waals surface area (Å²) < 4.78 is 0. The van der Waals surface area contributed by atoms with Crippen molar-refractivity contribution in [3.05, 3.63) is 52.1 Å². The average Bonchev–Trinajstić information content (AvgIpc) is 2.79. The topological polar surface area (TPSA) is 95.7 Å². The molecule has 1 unspecified atom stereocenters. The number of hydrogen-bond acceptors (Lipinski definition) is 7. The van der Waals surface area contributed by atoms with E-state index in [1.54, 1.807) is 4.90 Å². The predicted octanol–water partition coefficient (Wildman–Crippen LogP) is 2.73. The molecule has 2 aliphatic heterocycles. The first-order valence-corrected chi connectivity index (χ1v) is 10.4. The van der Waals surface area contributed by atoms with Crippen LogP contribution in [0.2, 0.25) is 0 Å². The second kappa shape index (κ2) is 8.64. The Hall–Kier alpha value is -3.23. The minimum absolute atomic E-state index is 0.0164. The summed E-state index contributed by atoms with van der Waals surface area (Å²) in [6.45, 7) is 5.75. The molecule has 9 heteroatoms. The van der Waals surface area contributed by atoms with E-state index in [-0.39, 0.29) is 11.6 Å². The van der Waals surface area contributed by atoms with Gasteiger partial charge in [0.05, 0.1) is 4.92 Å². The molecule has 1 amide bonds. The Balaban J connectivity index is 1.35. The fourth-order valence-corrected chi connectivity index (χ4v) is 4.13. The van der Waals surface area contributed by atoms with Gasteiger partial charge in [-0.05, 0) is 50.5 Å². The Morgan fingerprint density at radius 3 is 2.23 bits per heavy atom. The lowest BCUT2D eigenvalue weighted by Gasteiger charge is -2.36. The number of nitrogens with zero attached hydrogens (tertiary/aromatic N) is 6. The number of non-ortho nitro benzene ring substituents is 1. The summed E-state index contributed by atoms with van der Waals surface area (Å²) in [5.74, 6) is 1.65. The molecule has 0 radical (unpaired) electrons. The maximum atomic E-state index is 12.7. The molecule has 4 rings (SSSR count). The highest BCUT2D eigenvalue weighted by molar-refractivity contribution is 5.94. The van der Waals surface area contributed by atoms with Crippen molar-refractivity contribution in [1.82, 2.24) is 15.1 Å². The number of piperidine rings is 1. The fourth-order valence-electron chi connectivity index (χ4n) is 4.13. The number of nitro benzene ring substituents is 1. The standard InChI is InChI=1S/C21H26N6O3/c1-16-4-2-3-11-26(16)20-10-9-19(22-23-20)24-12-14-25(15-13-24)21(28)17-5-7-18(8-6-17)27(29)30/h5-10,16H,2-4,11-15H2,1H3. The molecule has 0 aliphatic carbocycles. The first-order chi connectivity index (χ1) is 14.5. The molecular formula is C21H26N6O3. The molecule has 2 aromatic rings. The van der Waals surface area contributed by atoms with Crippen molar-refractivity contribution in [2.24, 2.45) is 0 Å². The van der Waals surface area contributed by atoms with Crippen LogP contribution in [0.4, 0.5) is 17.3 Å². The fraction of sp³-hybridized carbons (Fsp3) is 0.476. The first kappa shape index (κ1) is 20.1. The van der Waals surface area contributed by atoms with Crippen LogP contribution in [0, 0.1) is 10.1 Å². The van der Waals surface area contributed by atoms with E-state index in [2.05, 4.69) is 26.9 Å². The van der Waals surface area contributed by atoms with Crippen molar-refractivity contribution >= 4 is 23.2 Å². The van der Waals surface area contributed by atoms with E-state index in [1.165, 1.54) is 43.5 Å². The van der Waals surface area contributed by atoms with Gasteiger partial charge in [0.15, 0.2) is 11.6 Å². The van der Waals surface area contributed by atoms with Gasteiger partial charge in [-0.1, -0.05) is 0 Å². The number of anilines is 2. The van der Waals surface area contributed by atoms with Crippen molar-refractivity contribution in [2.75, 3.05) is 42.5 Å². The summed E-state index contributed by atoms with van der Waals surface area (Å²) in [5, 5.41) is 19.7. The van der Waals surface area contributed by atoms with E-state index in [4.69, 9.17) is 0 Å². The Morgan fingerprint density at radius 1 is 0.967 bits per heavy atom. The van der Waals surface area contributed by atoms with Gasteiger partial charge in [0, 0.05) is 56.5 Å².